The van der Waals surface area contributed by atoms with Gasteiger partial charge >= 0.3 is 6.09 Å². The summed E-state index contributed by atoms with van der Waals surface area (Å²) in [7, 11) is 1.53. The molecule has 2 rings (SSSR count). The van der Waals surface area contributed by atoms with Crippen molar-refractivity contribution in [3.05, 3.63) is 35.9 Å². The van der Waals surface area contributed by atoms with Crippen molar-refractivity contribution in [2.75, 3.05) is 7.05 Å². The SMILES string of the molecule is CN(NC1CCC(OCc2ccccc2)CC1)C(=O)O. The highest BCUT2D eigenvalue weighted by Gasteiger charge is 2.23. The molecule has 1 fully saturated rings. The Kier molecular flexibility index (Phi) is 5.38. The van der Waals surface area contributed by atoms with Crippen molar-refractivity contribution >= 4 is 6.09 Å². The lowest BCUT2D eigenvalue weighted by molar-refractivity contribution is 0.00582. The minimum absolute atomic E-state index is 0.229. The summed E-state index contributed by atoms with van der Waals surface area (Å²) in [4.78, 5) is 10.7. The molecule has 1 saturated carbocycles. The molecule has 1 aromatic rings. The van der Waals surface area contributed by atoms with Gasteiger partial charge in [-0.3, -0.25) is 0 Å². The number of nitrogens with zero attached hydrogens (tertiary/aromatic N) is 1. The Morgan fingerprint density at radius 3 is 2.55 bits per heavy atom. The highest BCUT2D eigenvalue weighted by Crippen LogP contribution is 2.22. The summed E-state index contributed by atoms with van der Waals surface area (Å²) < 4.78 is 5.91. The number of carbonyl (C=O) groups is 1. The van der Waals surface area contributed by atoms with E-state index >= 15 is 0 Å². The molecule has 20 heavy (non-hydrogen) atoms. The molecule has 5 heteroatoms. The Labute approximate surface area is 119 Å². The summed E-state index contributed by atoms with van der Waals surface area (Å²) >= 11 is 0. The fraction of sp³-hybridized carbons (Fsp3) is 0.533. The monoisotopic (exact) mass is 278 g/mol. The second kappa shape index (κ2) is 7.26. The van der Waals surface area contributed by atoms with Gasteiger partial charge in [-0.25, -0.2) is 15.2 Å². The van der Waals surface area contributed by atoms with Gasteiger partial charge in [-0.05, 0) is 31.2 Å². The second-order valence-corrected chi connectivity index (χ2v) is 5.24. The van der Waals surface area contributed by atoms with Crippen LogP contribution in [0.2, 0.25) is 0 Å². The predicted molar refractivity (Wildman–Crippen MR) is 76.2 cm³/mol. The van der Waals surface area contributed by atoms with E-state index in [0.29, 0.717) is 6.61 Å². The number of carboxylic acid groups (broad SMARTS) is 1. The van der Waals surface area contributed by atoms with E-state index < -0.39 is 6.09 Å². The zero-order valence-electron chi connectivity index (χ0n) is 11.8. The van der Waals surface area contributed by atoms with Crippen LogP contribution in [0.25, 0.3) is 0 Å². The average molecular weight is 278 g/mol. The molecule has 0 aromatic heterocycles. The summed E-state index contributed by atoms with van der Waals surface area (Å²) in [5.41, 5.74) is 4.18. The molecule has 0 saturated heterocycles. The molecule has 0 radical (unpaired) electrons. The standard InChI is InChI=1S/C15H22N2O3/c1-17(15(18)19)16-13-7-9-14(10-8-13)20-11-12-5-3-2-4-6-12/h2-6,13-14,16H,7-11H2,1H3,(H,18,19). The summed E-state index contributed by atoms with van der Waals surface area (Å²) in [5, 5.41) is 9.95. The molecule has 0 bridgehead atoms. The number of benzene rings is 1. The van der Waals surface area contributed by atoms with Crippen molar-refractivity contribution in [1.29, 1.82) is 0 Å². The minimum Gasteiger partial charge on any atom is -0.464 e. The lowest BCUT2D eigenvalue weighted by Gasteiger charge is -2.31. The molecule has 0 heterocycles. The predicted octanol–water partition coefficient (Wildman–Crippen LogP) is 2.63. The second-order valence-electron chi connectivity index (χ2n) is 5.24. The lowest BCUT2D eigenvalue weighted by Crippen LogP contribution is -2.47. The summed E-state index contributed by atoms with van der Waals surface area (Å²) in [6.07, 6.45) is 3.15. The van der Waals surface area contributed by atoms with Crippen LogP contribution in [-0.4, -0.2) is 35.4 Å². The molecule has 0 unspecified atom stereocenters. The minimum atomic E-state index is -0.951. The zero-order chi connectivity index (χ0) is 14.4. The fourth-order valence-corrected chi connectivity index (χ4v) is 2.48. The topological polar surface area (TPSA) is 61.8 Å². The van der Waals surface area contributed by atoms with Gasteiger partial charge in [0, 0.05) is 13.1 Å². The van der Waals surface area contributed by atoms with Gasteiger partial charge in [-0.2, -0.15) is 0 Å². The molecule has 1 amide bonds. The number of nitrogens with one attached hydrogen (secondary N) is 1. The van der Waals surface area contributed by atoms with Crippen LogP contribution in [0.4, 0.5) is 4.79 Å². The number of hydrogen-bond donors (Lipinski definition) is 2. The van der Waals surface area contributed by atoms with Crippen LogP contribution in [0.15, 0.2) is 30.3 Å². The molecule has 1 aliphatic carbocycles. The summed E-state index contributed by atoms with van der Waals surface area (Å²) in [5.74, 6) is 0. The summed E-state index contributed by atoms with van der Waals surface area (Å²) in [6, 6.07) is 10.4. The van der Waals surface area contributed by atoms with E-state index in [9.17, 15) is 4.79 Å². The van der Waals surface area contributed by atoms with E-state index in [1.54, 1.807) is 0 Å². The van der Waals surface area contributed by atoms with Gasteiger partial charge in [-0.15, -0.1) is 0 Å². The van der Waals surface area contributed by atoms with Crippen molar-refractivity contribution in [3.8, 4) is 0 Å². The zero-order valence-corrected chi connectivity index (χ0v) is 11.8. The molecule has 1 aliphatic rings. The Hall–Kier alpha value is -1.59. The van der Waals surface area contributed by atoms with Gasteiger partial charge in [-0.1, -0.05) is 30.3 Å². The van der Waals surface area contributed by atoms with Crippen LogP contribution in [0.3, 0.4) is 0 Å². The highest BCUT2D eigenvalue weighted by atomic mass is 16.5. The lowest BCUT2D eigenvalue weighted by atomic mass is 9.93. The molecular formula is C15H22N2O3. The smallest absolute Gasteiger partial charge is 0.421 e. The molecule has 110 valence electrons. The van der Waals surface area contributed by atoms with Gasteiger partial charge in [0.2, 0.25) is 0 Å². The van der Waals surface area contributed by atoms with Crippen LogP contribution in [0.1, 0.15) is 31.2 Å². The van der Waals surface area contributed by atoms with E-state index in [1.165, 1.54) is 12.6 Å². The van der Waals surface area contributed by atoms with Crippen molar-refractivity contribution in [2.24, 2.45) is 0 Å². The van der Waals surface area contributed by atoms with E-state index in [0.717, 1.165) is 30.7 Å². The quantitative estimate of drug-likeness (QED) is 0.813. The first-order chi connectivity index (χ1) is 9.65. The van der Waals surface area contributed by atoms with Gasteiger partial charge in [0.15, 0.2) is 0 Å². The maximum atomic E-state index is 10.7. The van der Waals surface area contributed by atoms with Crippen molar-refractivity contribution < 1.29 is 14.6 Å². The average Bonchev–Trinajstić information content (AvgIpc) is 2.47. The van der Waals surface area contributed by atoms with Crippen LogP contribution in [0.5, 0.6) is 0 Å². The van der Waals surface area contributed by atoms with Crippen molar-refractivity contribution in [1.82, 2.24) is 10.4 Å². The number of amides is 1. The van der Waals surface area contributed by atoms with E-state index in [2.05, 4.69) is 17.6 Å². The number of ether oxygens (including phenoxy) is 1. The van der Waals surface area contributed by atoms with Crippen molar-refractivity contribution in [3.63, 3.8) is 0 Å². The van der Waals surface area contributed by atoms with Gasteiger partial charge in [0.1, 0.15) is 0 Å². The Morgan fingerprint density at radius 2 is 1.95 bits per heavy atom. The first kappa shape index (κ1) is 14.8. The highest BCUT2D eigenvalue weighted by molar-refractivity contribution is 5.63. The first-order valence-corrected chi connectivity index (χ1v) is 7.03. The molecule has 5 nitrogen and oxygen atoms in total. The van der Waals surface area contributed by atoms with Crippen LogP contribution >= 0.6 is 0 Å². The maximum absolute atomic E-state index is 10.7. The van der Waals surface area contributed by atoms with Crippen LogP contribution in [0, 0.1) is 0 Å². The fourth-order valence-electron chi connectivity index (χ4n) is 2.48. The van der Waals surface area contributed by atoms with E-state index in [4.69, 9.17) is 9.84 Å². The van der Waals surface area contributed by atoms with E-state index in [1.807, 2.05) is 18.2 Å². The van der Waals surface area contributed by atoms with Crippen LogP contribution < -0.4 is 5.43 Å². The molecule has 0 aliphatic heterocycles. The van der Waals surface area contributed by atoms with Gasteiger partial charge in [0.05, 0.1) is 12.7 Å². The number of rotatable bonds is 5. The molecular weight excluding hydrogens is 256 g/mol. The molecule has 2 N–H and O–H groups in total. The third-order valence-electron chi connectivity index (χ3n) is 3.67. The first-order valence-electron chi connectivity index (χ1n) is 7.03. The third-order valence-corrected chi connectivity index (χ3v) is 3.67. The molecule has 1 aromatic carbocycles. The molecule has 0 spiro atoms. The molecule has 0 atom stereocenters. The normalized spacial score (nSPS) is 22.4. The number of hydrazine groups is 1. The largest absolute Gasteiger partial charge is 0.464 e. The summed E-state index contributed by atoms with van der Waals surface area (Å²) in [6.45, 7) is 0.651. The van der Waals surface area contributed by atoms with Crippen LogP contribution in [-0.2, 0) is 11.3 Å². The number of hydrogen-bond acceptors (Lipinski definition) is 3. The Balaban J connectivity index is 1.68. The Morgan fingerprint density at radius 1 is 1.30 bits per heavy atom. The third kappa shape index (κ3) is 4.51. The maximum Gasteiger partial charge on any atom is 0.421 e. The van der Waals surface area contributed by atoms with E-state index in [-0.39, 0.29) is 12.1 Å². The van der Waals surface area contributed by atoms with Crippen molar-refractivity contribution in [2.45, 2.75) is 44.4 Å². The van der Waals surface area contributed by atoms with Gasteiger partial charge < -0.3 is 9.84 Å². The Bertz CT molecular complexity index is 416. The van der Waals surface area contributed by atoms with Gasteiger partial charge in [0.25, 0.3) is 0 Å².